The normalized spacial score (nSPS) is 12.3. The van der Waals surface area contributed by atoms with Gasteiger partial charge in [0.25, 0.3) is 11.5 Å². The second-order valence-electron chi connectivity index (χ2n) is 6.24. The standard InChI is InChI=1S/C19H18N6O2S/c1-28-11-9-14(17-23-21-15-8-4-5-10-25(15)17)20-19(27)16-12-6-2-3-7-13(12)18(26)24-22-16/h2-8,10,14H,9,11H2,1H3,(H,20,27)(H,24,26). The van der Waals surface area contributed by atoms with Crippen molar-refractivity contribution in [3.05, 3.63) is 70.5 Å². The Bertz CT molecular complexity index is 1200. The van der Waals surface area contributed by atoms with Crippen LogP contribution in [-0.2, 0) is 0 Å². The molecule has 0 saturated heterocycles. The van der Waals surface area contributed by atoms with Gasteiger partial charge in [0, 0.05) is 11.6 Å². The summed E-state index contributed by atoms with van der Waals surface area (Å²) in [6, 6.07) is 12.2. The van der Waals surface area contributed by atoms with E-state index in [1.54, 1.807) is 36.0 Å². The van der Waals surface area contributed by atoms with Gasteiger partial charge >= 0.3 is 0 Å². The highest BCUT2D eigenvalue weighted by molar-refractivity contribution is 7.98. The van der Waals surface area contributed by atoms with Gasteiger partial charge in [-0.2, -0.15) is 16.9 Å². The molecule has 142 valence electrons. The molecule has 0 spiro atoms. The molecular weight excluding hydrogens is 376 g/mol. The van der Waals surface area contributed by atoms with Gasteiger partial charge in [-0.05, 0) is 36.6 Å². The third-order valence-corrected chi connectivity index (χ3v) is 5.12. The van der Waals surface area contributed by atoms with Gasteiger partial charge in [0.1, 0.15) is 0 Å². The number of thioether (sulfide) groups is 1. The molecule has 0 aliphatic heterocycles. The van der Waals surface area contributed by atoms with Crippen LogP contribution in [0.25, 0.3) is 16.4 Å². The number of aromatic nitrogens is 5. The lowest BCUT2D eigenvalue weighted by atomic mass is 10.1. The molecule has 28 heavy (non-hydrogen) atoms. The fraction of sp³-hybridized carbons (Fsp3) is 0.211. The van der Waals surface area contributed by atoms with Crippen LogP contribution in [-0.4, -0.2) is 42.7 Å². The number of aromatic amines is 1. The number of carbonyl (C=O) groups is 1. The van der Waals surface area contributed by atoms with Crippen molar-refractivity contribution < 1.29 is 4.79 Å². The fourth-order valence-electron chi connectivity index (χ4n) is 3.11. The van der Waals surface area contributed by atoms with Crippen LogP contribution >= 0.6 is 11.8 Å². The molecule has 4 aromatic rings. The number of fused-ring (bicyclic) bond motifs is 2. The highest BCUT2D eigenvalue weighted by Gasteiger charge is 2.23. The zero-order valence-electron chi connectivity index (χ0n) is 15.1. The van der Waals surface area contributed by atoms with E-state index in [-0.39, 0.29) is 23.2 Å². The van der Waals surface area contributed by atoms with Crippen LogP contribution in [0.2, 0.25) is 0 Å². The highest BCUT2D eigenvalue weighted by Crippen LogP contribution is 2.20. The summed E-state index contributed by atoms with van der Waals surface area (Å²) < 4.78 is 1.86. The van der Waals surface area contributed by atoms with E-state index < -0.39 is 0 Å². The van der Waals surface area contributed by atoms with Crippen LogP contribution in [0.4, 0.5) is 0 Å². The quantitative estimate of drug-likeness (QED) is 0.519. The first-order valence-electron chi connectivity index (χ1n) is 8.76. The minimum absolute atomic E-state index is 0.179. The Morgan fingerprint density at radius 3 is 2.79 bits per heavy atom. The molecule has 0 saturated carbocycles. The van der Waals surface area contributed by atoms with Gasteiger partial charge in [0.2, 0.25) is 0 Å². The van der Waals surface area contributed by atoms with Crippen LogP contribution in [0.15, 0.2) is 53.5 Å². The maximum Gasteiger partial charge on any atom is 0.272 e. The summed E-state index contributed by atoms with van der Waals surface area (Å²) in [4.78, 5) is 25.0. The van der Waals surface area contributed by atoms with E-state index in [2.05, 4.69) is 25.7 Å². The van der Waals surface area contributed by atoms with Crippen LogP contribution in [0, 0.1) is 0 Å². The Morgan fingerprint density at radius 2 is 1.96 bits per heavy atom. The number of rotatable bonds is 6. The van der Waals surface area contributed by atoms with Crippen molar-refractivity contribution in [2.45, 2.75) is 12.5 Å². The van der Waals surface area contributed by atoms with E-state index in [1.165, 1.54) is 0 Å². The molecule has 3 heterocycles. The van der Waals surface area contributed by atoms with Crippen molar-refractivity contribution >= 4 is 34.1 Å². The number of pyridine rings is 1. The average molecular weight is 394 g/mol. The van der Waals surface area contributed by atoms with Crippen molar-refractivity contribution in [2.24, 2.45) is 0 Å². The maximum atomic E-state index is 13.0. The first-order valence-corrected chi connectivity index (χ1v) is 10.2. The van der Waals surface area contributed by atoms with Crippen LogP contribution in [0.5, 0.6) is 0 Å². The molecule has 0 bridgehead atoms. The predicted molar refractivity (Wildman–Crippen MR) is 109 cm³/mol. The monoisotopic (exact) mass is 394 g/mol. The molecule has 0 fully saturated rings. The second kappa shape index (κ2) is 7.81. The molecule has 8 nitrogen and oxygen atoms in total. The molecule has 0 radical (unpaired) electrons. The summed E-state index contributed by atoms with van der Waals surface area (Å²) in [7, 11) is 0. The number of hydrogen-bond donors (Lipinski definition) is 2. The molecule has 1 amide bonds. The summed E-state index contributed by atoms with van der Waals surface area (Å²) >= 11 is 1.69. The highest BCUT2D eigenvalue weighted by atomic mass is 32.2. The zero-order chi connectivity index (χ0) is 19.5. The number of benzene rings is 1. The lowest BCUT2D eigenvalue weighted by Crippen LogP contribution is -2.32. The minimum atomic E-state index is -0.369. The van der Waals surface area contributed by atoms with E-state index in [9.17, 15) is 9.59 Å². The van der Waals surface area contributed by atoms with Crippen molar-refractivity contribution in [1.82, 2.24) is 30.1 Å². The number of carbonyl (C=O) groups excluding carboxylic acids is 1. The number of nitrogens with one attached hydrogen (secondary N) is 2. The lowest BCUT2D eigenvalue weighted by Gasteiger charge is -2.17. The smallest absolute Gasteiger partial charge is 0.272 e. The molecule has 3 aromatic heterocycles. The SMILES string of the molecule is CSCCC(NC(=O)c1n[nH]c(=O)c2ccccc12)c1nnc2ccccn12. The molecule has 1 unspecified atom stereocenters. The van der Waals surface area contributed by atoms with Crippen LogP contribution in [0.3, 0.4) is 0 Å². The summed E-state index contributed by atoms with van der Waals surface area (Å²) in [5.41, 5.74) is 0.571. The Morgan fingerprint density at radius 1 is 1.18 bits per heavy atom. The molecule has 9 heteroatoms. The second-order valence-corrected chi connectivity index (χ2v) is 7.23. The summed E-state index contributed by atoms with van der Waals surface area (Å²) in [6.07, 6.45) is 4.57. The zero-order valence-corrected chi connectivity index (χ0v) is 15.9. The van der Waals surface area contributed by atoms with E-state index in [0.717, 1.165) is 5.75 Å². The summed E-state index contributed by atoms with van der Waals surface area (Å²) in [5, 5.41) is 18.8. The van der Waals surface area contributed by atoms with Crippen molar-refractivity contribution in [2.75, 3.05) is 12.0 Å². The number of H-pyrrole nitrogens is 1. The number of amides is 1. The predicted octanol–water partition coefficient (Wildman–Crippen LogP) is 2.19. The van der Waals surface area contributed by atoms with Gasteiger partial charge in [-0.3, -0.25) is 14.0 Å². The topological polar surface area (TPSA) is 105 Å². The first kappa shape index (κ1) is 18.2. The van der Waals surface area contributed by atoms with Crippen LogP contribution < -0.4 is 10.9 Å². The number of nitrogens with zero attached hydrogens (tertiary/aromatic N) is 4. The molecule has 4 rings (SSSR count). The summed E-state index contributed by atoms with van der Waals surface area (Å²) in [5.74, 6) is 1.13. The van der Waals surface area contributed by atoms with E-state index in [1.807, 2.05) is 35.1 Å². The Hall–Kier alpha value is -3.20. The van der Waals surface area contributed by atoms with Crippen molar-refractivity contribution in [3.8, 4) is 0 Å². The van der Waals surface area contributed by atoms with E-state index in [0.29, 0.717) is 28.7 Å². The maximum absolute atomic E-state index is 13.0. The van der Waals surface area contributed by atoms with Gasteiger partial charge in [-0.25, -0.2) is 5.10 Å². The van der Waals surface area contributed by atoms with E-state index >= 15 is 0 Å². The fourth-order valence-corrected chi connectivity index (χ4v) is 3.58. The molecule has 1 aromatic carbocycles. The average Bonchev–Trinajstić information content (AvgIpc) is 3.15. The summed E-state index contributed by atoms with van der Waals surface area (Å²) in [6.45, 7) is 0. The van der Waals surface area contributed by atoms with Gasteiger partial charge < -0.3 is 5.32 Å². The van der Waals surface area contributed by atoms with Crippen molar-refractivity contribution in [3.63, 3.8) is 0 Å². The Kier molecular flexibility index (Phi) is 5.07. The Balaban J connectivity index is 1.71. The molecule has 0 aliphatic carbocycles. The molecular formula is C19H18N6O2S. The van der Waals surface area contributed by atoms with Crippen molar-refractivity contribution in [1.29, 1.82) is 0 Å². The van der Waals surface area contributed by atoms with E-state index in [4.69, 9.17) is 0 Å². The first-order chi connectivity index (χ1) is 13.7. The Labute approximate surface area is 164 Å². The third kappa shape index (κ3) is 3.36. The lowest BCUT2D eigenvalue weighted by molar-refractivity contribution is 0.0929. The molecule has 0 aliphatic rings. The molecule has 2 N–H and O–H groups in total. The minimum Gasteiger partial charge on any atom is -0.341 e. The van der Waals surface area contributed by atoms with Gasteiger partial charge in [-0.15, -0.1) is 10.2 Å². The molecule has 1 atom stereocenters. The largest absolute Gasteiger partial charge is 0.341 e. The van der Waals surface area contributed by atoms with Gasteiger partial charge in [-0.1, -0.05) is 24.3 Å². The van der Waals surface area contributed by atoms with Crippen LogP contribution in [0.1, 0.15) is 28.8 Å². The van der Waals surface area contributed by atoms with Gasteiger partial charge in [0.05, 0.1) is 11.4 Å². The number of hydrogen-bond acceptors (Lipinski definition) is 6. The third-order valence-electron chi connectivity index (χ3n) is 4.48. The van der Waals surface area contributed by atoms with Gasteiger partial charge in [0.15, 0.2) is 17.2 Å².